The molecule has 1 aliphatic carbocycles. The summed E-state index contributed by atoms with van der Waals surface area (Å²) in [5, 5.41) is 0. The molecule has 8 heteroatoms. The van der Waals surface area contributed by atoms with Gasteiger partial charge in [-0.15, -0.1) is 0 Å². The zero-order valence-corrected chi connectivity index (χ0v) is 15.0. The number of hydrogen-bond donors (Lipinski definition) is 0. The van der Waals surface area contributed by atoms with Crippen LogP contribution in [0.1, 0.15) is 31.8 Å². The van der Waals surface area contributed by atoms with Gasteiger partial charge in [0.25, 0.3) is 0 Å². The summed E-state index contributed by atoms with van der Waals surface area (Å²) in [5.41, 5.74) is 1.74. The van der Waals surface area contributed by atoms with Gasteiger partial charge in [0.2, 0.25) is 0 Å². The molecule has 3 rings (SSSR count). The number of amides is 1. The van der Waals surface area contributed by atoms with Crippen molar-refractivity contribution in [3.05, 3.63) is 35.1 Å². The van der Waals surface area contributed by atoms with E-state index in [2.05, 4.69) is 0 Å². The number of benzene rings is 1. The lowest BCUT2D eigenvalue weighted by atomic mass is 9.74. The Labute approximate surface area is 151 Å². The molecule has 3 atom stereocenters. The largest absolute Gasteiger partial charge is 0.471 e. The molecule has 2 aliphatic rings. The second-order valence-electron chi connectivity index (χ2n) is 6.00. The van der Waals surface area contributed by atoms with E-state index < -0.39 is 16.2 Å². The molecule has 134 valence electrons. The normalized spacial score (nSPS) is 25.6. The molecular formula is C16H17F5INO. The molecule has 0 N–H and O–H groups in total. The van der Waals surface area contributed by atoms with E-state index in [1.54, 1.807) is 6.07 Å². The average molecular weight is 463 g/mol. The third kappa shape index (κ3) is 4.80. The number of likely N-dealkylation sites (tertiary alicyclic amines) is 1. The minimum Gasteiger partial charge on any atom is -0.334 e. The number of halogens is 6. The smallest absolute Gasteiger partial charge is 0.334 e. The highest BCUT2D eigenvalue weighted by Crippen LogP contribution is 2.40. The second-order valence-corrected chi connectivity index (χ2v) is 7.49. The monoisotopic (exact) mass is 463 g/mol. The van der Waals surface area contributed by atoms with Crippen LogP contribution in [0.3, 0.4) is 0 Å². The fourth-order valence-corrected chi connectivity index (χ4v) is 3.36. The molecular weight excluding hydrogens is 444 g/mol. The third-order valence-electron chi connectivity index (χ3n) is 4.12. The molecule has 0 radical (unpaired) electrons. The number of carbonyl (C=O) groups is 1. The molecule has 1 amide bonds. The van der Waals surface area contributed by atoms with E-state index in [0.29, 0.717) is 6.42 Å². The number of nitrogens with zero attached hydrogens (tertiary/aromatic N) is 1. The van der Waals surface area contributed by atoms with Crippen molar-refractivity contribution in [2.75, 3.05) is 13.1 Å². The topological polar surface area (TPSA) is 20.3 Å². The number of fused-ring (bicyclic) bond motifs is 4. The lowest BCUT2D eigenvalue weighted by Crippen LogP contribution is -2.50. The summed E-state index contributed by atoms with van der Waals surface area (Å²) in [6, 6.07) is 4.46. The van der Waals surface area contributed by atoms with Crippen molar-refractivity contribution in [3.63, 3.8) is 0 Å². The number of hydrogen-bond acceptors (Lipinski definition) is 1. The zero-order valence-electron chi connectivity index (χ0n) is 13.8. The molecule has 0 saturated carbocycles. The van der Waals surface area contributed by atoms with Gasteiger partial charge in [0, 0.05) is 19.0 Å². The summed E-state index contributed by atoms with van der Waals surface area (Å²) in [6.45, 7) is 1.32. The van der Waals surface area contributed by atoms with Crippen LogP contribution in [0.25, 0.3) is 0 Å². The highest BCUT2D eigenvalue weighted by molar-refractivity contribution is 14.1. The van der Waals surface area contributed by atoms with E-state index in [0.717, 1.165) is 22.4 Å². The molecule has 3 unspecified atom stereocenters. The van der Waals surface area contributed by atoms with Crippen molar-refractivity contribution in [1.82, 2.24) is 4.90 Å². The van der Waals surface area contributed by atoms with Crippen molar-refractivity contribution in [2.24, 2.45) is 5.92 Å². The highest BCUT2D eigenvalue weighted by Gasteiger charge is 2.46. The van der Waals surface area contributed by atoms with E-state index in [-0.39, 0.29) is 30.7 Å². The molecule has 1 saturated heterocycles. The zero-order chi connectivity index (χ0) is 19.0. The van der Waals surface area contributed by atoms with Crippen LogP contribution in [-0.2, 0) is 11.2 Å². The summed E-state index contributed by atoms with van der Waals surface area (Å²) in [7, 11) is 0. The van der Waals surface area contributed by atoms with Crippen molar-refractivity contribution >= 4 is 28.5 Å². The van der Waals surface area contributed by atoms with Gasteiger partial charge in [-0.1, -0.05) is 6.07 Å². The molecule has 1 aromatic carbocycles. The van der Waals surface area contributed by atoms with Gasteiger partial charge in [-0.3, -0.25) is 4.79 Å². The SMILES string of the molecule is O=C(N1CC2Cc3ccc(F)cc3C(C2)C1)C(F)(F)F.[3H]C(C)(F)I. The van der Waals surface area contributed by atoms with Gasteiger partial charge in [0.05, 0.1) is 1.37 Å². The van der Waals surface area contributed by atoms with Gasteiger partial charge >= 0.3 is 12.1 Å². The van der Waals surface area contributed by atoms with Gasteiger partial charge in [-0.25, -0.2) is 8.78 Å². The summed E-state index contributed by atoms with van der Waals surface area (Å²) >= 11 is 1.38. The van der Waals surface area contributed by atoms with Crippen molar-refractivity contribution in [2.45, 2.75) is 36.0 Å². The van der Waals surface area contributed by atoms with Gasteiger partial charge in [0.1, 0.15) is 9.97 Å². The molecule has 1 aliphatic heterocycles. The Balaban J connectivity index is 0.000000399. The first kappa shape index (κ1) is 17.9. The molecule has 1 fully saturated rings. The van der Waals surface area contributed by atoms with Crippen LogP contribution in [0.2, 0.25) is 0 Å². The summed E-state index contributed by atoms with van der Waals surface area (Å²) in [4.78, 5) is 12.2. The second kappa shape index (κ2) is 7.53. The summed E-state index contributed by atoms with van der Waals surface area (Å²) in [6.07, 6.45) is -3.51. The molecule has 0 aromatic heterocycles. The molecule has 0 spiro atoms. The Morgan fingerprint density at radius 3 is 2.62 bits per heavy atom. The standard InChI is InChI=1S/C14H13F4NO.C2H4FI/c15-11-2-1-9-3-8-4-10(12(9)5-11)7-19(6-8)13(20)14(16,17)18;1-2(3)4/h1-2,5,8,10H,3-4,6-7H2;2H,1H3/i;2T. The van der Waals surface area contributed by atoms with E-state index in [1.165, 1.54) is 41.6 Å². The first-order chi connectivity index (χ1) is 11.3. The fourth-order valence-electron chi connectivity index (χ4n) is 3.36. The van der Waals surface area contributed by atoms with Crippen LogP contribution in [-0.4, -0.2) is 34.2 Å². The maximum Gasteiger partial charge on any atom is 0.471 e. The Kier molecular flexibility index (Phi) is 5.61. The maximum absolute atomic E-state index is 13.3. The maximum atomic E-state index is 13.3. The van der Waals surface area contributed by atoms with E-state index in [9.17, 15) is 26.7 Å². The van der Waals surface area contributed by atoms with Gasteiger partial charge in [0.15, 0.2) is 0 Å². The first-order valence-corrected chi connectivity index (χ1v) is 8.44. The summed E-state index contributed by atoms with van der Waals surface area (Å²) < 4.78 is 66.7. The minimum atomic E-state index is -4.84. The molecule has 1 aromatic rings. The molecule has 1 heterocycles. The number of rotatable bonds is 0. The molecule has 24 heavy (non-hydrogen) atoms. The minimum absolute atomic E-state index is 0.0191. The third-order valence-corrected chi connectivity index (χ3v) is 4.12. The Hall–Kier alpha value is -0.930. The van der Waals surface area contributed by atoms with Crippen LogP contribution in [0, 0.1) is 11.7 Å². The number of carbonyl (C=O) groups excluding carboxylic acids is 1. The van der Waals surface area contributed by atoms with E-state index in [4.69, 9.17) is 1.37 Å². The van der Waals surface area contributed by atoms with Crippen LogP contribution >= 0.6 is 22.6 Å². The number of piperidine rings is 1. The number of alkyl halides is 5. The Morgan fingerprint density at radius 1 is 1.42 bits per heavy atom. The quantitative estimate of drug-likeness (QED) is 0.313. The van der Waals surface area contributed by atoms with Gasteiger partial charge in [-0.2, -0.15) is 13.2 Å². The van der Waals surface area contributed by atoms with Crippen LogP contribution in [0.5, 0.6) is 0 Å². The van der Waals surface area contributed by atoms with Gasteiger partial charge in [-0.05, 0) is 71.5 Å². The predicted molar refractivity (Wildman–Crippen MR) is 88.2 cm³/mol. The molecule has 2 nitrogen and oxygen atoms in total. The van der Waals surface area contributed by atoms with Crippen molar-refractivity contribution in [1.29, 1.82) is 0 Å². The fraction of sp³-hybridized carbons (Fsp3) is 0.562. The average Bonchev–Trinajstić information content (AvgIpc) is 2.44. The first-order valence-electron chi connectivity index (χ1n) is 7.87. The van der Waals surface area contributed by atoms with Crippen LogP contribution in [0.15, 0.2) is 18.2 Å². The molecule has 2 bridgehead atoms. The van der Waals surface area contributed by atoms with E-state index in [1.807, 2.05) is 0 Å². The lowest BCUT2D eigenvalue weighted by Gasteiger charge is -2.42. The van der Waals surface area contributed by atoms with Crippen molar-refractivity contribution < 1.29 is 28.1 Å². The van der Waals surface area contributed by atoms with Crippen LogP contribution < -0.4 is 0 Å². The van der Waals surface area contributed by atoms with Crippen LogP contribution in [0.4, 0.5) is 22.0 Å². The Morgan fingerprint density at radius 2 is 2.04 bits per heavy atom. The predicted octanol–water partition coefficient (Wildman–Crippen LogP) is 4.61. The van der Waals surface area contributed by atoms with Gasteiger partial charge < -0.3 is 4.90 Å². The highest BCUT2D eigenvalue weighted by atomic mass is 127. The lowest BCUT2D eigenvalue weighted by molar-refractivity contribution is -0.187. The summed E-state index contributed by atoms with van der Waals surface area (Å²) in [5.74, 6) is -2.34. The van der Waals surface area contributed by atoms with E-state index >= 15 is 0 Å². The Bertz CT molecular complexity index is 640. The van der Waals surface area contributed by atoms with Crippen molar-refractivity contribution in [3.8, 4) is 0 Å².